The van der Waals surface area contributed by atoms with Crippen LogP contribution in [0.25, 0.3) is 0 Å². The van der Waals surface area contributed by atoms with Crippen LogP contribution < -0.4 is 4.90 Å². The Balaban J connectivity index is 2.20. The molecule has 0 atom stereocenters. The van der Waals surface area contributed by atoms with Crippen LogP contribution in [0.5, 0.6) is 0 Å². The number of hydrogen-bond donors (Lipinski definition) is 0. The van der Waals surface area contributed by atoms with Gasteiger partial charge in [-0.1, -0.05) is 34.1 Å². The van der Waals surface area contributed by atoms with Gasteiger partial charge in [0.15, 0.2) is 0 Å². The smallest absolute Gasteiger partial charge is 0.124 e. The van der Waals surface area contributed by atoms with Gasteiger partial charge in [0.25, 0.3) is 0 Å². The minimum atomic E-state index is -0.205. The lowest BCUT2D eigenvalue weighted by Gasteiger charge is -2.23. The fraction of sp³-hybridized carbons (Fsp3) is 0.200. The van der Waals surface area contributed by atoms with Crippen molar-refractivity contribution in [3.63, 3.8) is 0 Å². The van der Waals surface area contributed by atoms with Crippen LogP contribution >= 0.6 is 15.9 Å². The first-order chi connectivity index (χ1) is 8.69. The molecule has 2 aromatic carbocycles. The molecule has 0 saturated heterocycles. The third-order valence-electron chi connectivity index (χ3n) is 2.80. The van der Waals surface area contributed by atoms with E-state index in [2.05, 4.69) is 39.9 Å². The number of halogens is 2. The van der Waals surface area contributed by atoms with E-state index in [0.717, 1.165) is 22.3 Å². The predicted molar refractivity (Wildman–Crippen MR) is 77.3 cm³/mol. The van der Waals surface area contributed by atoms with E-state index in [9.17, 15) is 4.39 Å². The van der Waals surface area contributed by atoms with Crippen molar-refractivity contribution in [2.24, 2.45) is 0 Å². The molecule has 3 heteroatoms. The molecule has 0 heterocycles. The van der Waals surface area contributed by atoms with E-state index in [1.165, 1.54) is 6.07 Å². The summed E-state index contributed by atoms with van der Waals surface area (Å²) in [6.45, 7) is 3.69. The normalized spacial score (nSPS) is 10.4. The third-order valence-corrected chi connectivity index (χ3v) is 3.26. The van der Waals surface area contributed by atoms with E-state index in [-0.39, 0.29) is 5.82 Å². The maximum atomic E-state index is 13.3. The molecule has 0 N–H and O–H groups in total. The molecule has 0 bridgehead atoms. The summed E-state index contributed by atoms with van der Waals surface area (Å²) in [4.78, 5) is 2.21. The summed E-state index contributed by atoms with van der Waals surface area (Å²) in [6.07, 6.45) is 0. The van der Waals surface area contributed by atoms with Crippen molar-refractivity contribution in [3.05, 3.63) is 64.4 Å². The minimum Gasteiger partial charge on any atom is -0.367 e. The largest absolute Gasteiger partial charge is 0.367 e. The van der Waals surface area contributed by atoms with Gasteiger partial charge in [0.05, 0.1) is 0 Å². The molecule has 2 aromatic rings. The van der Waals surface area contributed by atoms with Crippen LogP contribution in [0.15, 0.2) is 53.0 Å². The van der Waals surface area contributed by atoms with E-state index in [1.807, 2.05) is 24.3 Å². The summed E-state index contributed by atoms with van der Waals surface area (Å²) in [5, 5.41) is 0. The van der Waals surface area contributed by atoms with Gasteiger partial charge < -0.3 is 4.90 Å². The van der Waals surface area contributed by atoms with Gasteiger partial charge in [-0.05, 0) is 42.8 Å². The molecule has 0 aliphatic rings. The molecule has 0 aromatic heterocycles. The first-order valence-electron chi connectivity index (χ1n) is 5.94. The number of anilines is 1. The Morgan fingerprint density at radius 2 is 1.83 bits per heavy atom. The van der Waals surface area contributed by atoms with E-state index >= 15 is 0 Å². The summed E-state index contributed by atoms with van der Waals surface area (Å²) in [5.74, 6) is -0.205. The zero-order valence-electron chi connectivity index (χ0n) is 10.2. The highest BCUT2D eigenvalue weighted by Gasteiger charge is 2.06. The standard InChI is InChI=1S/C15H15BrFN/c1-2-18(15-6-4-3-5-7-15)11-12-8-13(16)10-14(17)9-12/h3-10H,2,11H2,1H3. The lowest BCUT2D eigenvalue weighted by atomic mass is 10.2. The zero-order chi connectivity index (χ0) is 13.0. The number of nitrogens with zero attached hydrogens (tertiary/aromatic N) is 1. The maximum Gasteiger partial charge on any atom is 0.124 e. The number of rotatable bonds is 4. The highest BCUT2D eigenvalue weighted by Crippen LogP contribution is 2.20. The van der Waals surface area contributed by atoms with E-state index in [1.54, 1.807) is 6.07 Å². The van der Waals surface area contributed by atoms with Gasteiger partial charge in [-0.15, -0.1) is 0 Å². The highest BCUT2D eigenvalue weighted by molar-refractivity contribution is 9.10. The van der Waals surface area contributed by atoms with Crippen LogP contribution in [-0.4, -0.2) is 6.54 Å². The topological polar surface area (TPSA) is 3.24 Å². The average Bonchev–Trinajstić information content (AvgIpc) is 2.36. The number of para-hydroxylation sites is 1. The van der Waals surface area contributed by atoms with Crippen LogP contribution in [0, 0.1) is 5.82 Å². The quantitative estimate of drug-likeness (QED) is 0.797. The molecule has 0 fully saturated rings. The van der Waals surface area contributed by atoms with Gasteiger partial charge in [0.1, 0.15) is 5.82 Å². The summed E-state index contributed by atoms with van der Waals surface area (Å²) >= 11 is 3.32. The second-order valence-corrected chi connectivity index (χ2v) is 5.04. The second kappa shape index (κ2) is 6.01. The van der Waals surface area contributed by atoms with E-state index in [4.69, 9.17) is 0 Å². The summed E-state index contributed by atoms with van der Waals surface area (Å²) in [7, 11) is 0. The fourth-order valence-electron chi connectivity index (χ4n) is 1.95. The Labute approximate surface area is 115 Å². The highest BCUT2D eigenvalue weighted by atomic mass is 79.9. The predicted octanol–water partition coefficient (Wildman–Crippen LogP) is 4.61. The van der Waals surface area contributed by atoms with Crippen LogP contribution in [0.1, 0.15) is 12.5 Å². The van der Waals surface area contributed by atoms with Gasteiger partial charge in [-0.3, -0.25) is 0 Å². The molecular weight excluding hydrogens is 293 g/mol. The summed E-state index contributed by atoms with van der Waals surface area (Å²) in [5.41, 5.74) is 2.12. The number of benzene rings is 2. The Hall–Kier alpha value is -1.35. The molecule has 0 aliphatic carbocycles. The third kappa shape index (κ3) is 3.33. The Morgan fingerprint density at radius 3 is 2.44 bits per heavy atom. The molecular formula is C15H15BrFN. The Morgan fingerprint density at radius 1 is 1.11 bits per heavy atom. The van der Waals surface area contributed by atoms with Crippen LogP contribution in [0.2, 0.25) is 0 Å². The minimum absolute atomic E-state index is 0.205. The van der Waals surface area contributed by atoms with Crippen molar-refractivity contribution in [1.82, 2.24) is 0 Å². The molecule has 0 radical (unpaired) electrons. The Bertz CT molecular complexity index is 493. The first-order valence-corrected chi connectivity index (χ1v) is 6.73. The number of hydrogen-bond acceptors (Lipinski definition) is 1. The van der Waals surface area contributed by atoms with Crippen LogP contribution in [-0.2, 0) is 6.54 Å². The van der Waals surface area contributed by atoms with Gasteiger partial charge in [-0.25, -0.2) is 4.39 Å². The lowest BCUT2D eigenvalue weighted by molar-refractivity contribution is 0.623. The van der Waals surface area contributed by atoms with Gasteiger partial charge >= 0.3 is 0 Å². The fourth-order valence-corrected chi connectivity index (χ4v) is 2.46. The van der Waals surface area contributed by atoms with Gasteiger partial charge in [0.2, 0.25) is 0 Å². The molecule has 0 saturated carbocycles. The molecule has 0 spiro atoms. The molecule has 2 rings (SSSR count). The summed E-state index contributed by atoms with van der Waals surface area (Å²) < 4.78 is 14.1. The van der Waals surface area contributed by atoms with Gasteiger partial charge in [0, 0.05) is 23.2 Å². The molecule has 18 heavy (non-hydrogen) atoms. The first kappa shape index (κ1) is 13.1. The van der Waals surface area contributed by atoms with E-state index < -0.39 is 0 Å². The maximum absolute atomic E-state index is 13.3. The lowest BCUT2D eigenvalue weighted by Crippen LogP contribution is -2.21. The SMILES string of the molecule is CCN(Cc1cc(F)cc(Br)c1)c1ccccc1. The molecule has 0 amide bonds. The molecule has 0 aliphatic heterocycles. The molecule has 0 unspecified atom stereocenters. The van der Waals surface area contributed by atoms with Crippen molar-refractivity contribution in [3.8, 4) is 0 Å². The van der Waals surface area contributed by atoms with Crippen molar-refractivity contribution >= 4 is 21.6 Å². The zero-order valence-corrected chi connectivity index (χ0v) is 11.8. The molecule has 94 valence electrons. The van der Waals surface area contributed by atoms with Crippen molar-refractivity contribution < 1.29 is 4.39 Å². The Kier molecular flexibility index (Phi) is 4.37. The van der Waals surface area contributed by atoms with Gasteiger partial charge in [-0.2, -0.15) is 0 Å². The molecule has 1 nitrogen and oxygen atoms in total. The van der Waals surface area contributed by atoms with Crippen molar-refractivity contribution in [2.75, 3.05) is 11.4 Å². The second-order valence-electron chi connectivity index (χ2n) is 4.13. The van der Waals surface area contributed by atoms with Crippen molar-refractivity contribution in [1.29, 1.82) is 0 Å². The monoisotopic (exact) mass is 307 g/mol. The summed E-state index contributed by atoms with van der Waals surface area (Å²) in [6, 6.07) is 15.2. The van der Waals surface area contributed by atoms with E-state index in [0.29, 0.717) is 6.54 Å². The van der Waals surface area contributed by atoms with Crippen molar-refractivity contribution in [2.45, 2.75) is 13.5 Å². The van der Waals surface area contributed by atoms with Crippen LogP contribution in [0.3, 0.4) is 0 Å². The average molecular weight is 308 g/mol. The van der Waals surface area contributed by atoms with Crippen LogP contribution in [0.4, 0.5) is 10.1 Å².